The summed E-state index contributed by atoms with van der Waals surface area (Å²) < 4.78 is 27.6. The summed E-state index contributed by atoms with van der Waals surface area (Å²) in [5, 5.41) is 10.5. The number of nitrogens with one attached hydrogen (secondary N) is 2. The number of amidine groups is 1. The molecule has 3 aromatic rings. The average Bonchev–Trinajstić information content (AvgIpc) is 2.72. The number of aryl methyl sites for hydroxylation is 1. The Bertz CT molecular complexity index is 1370. The number of hydrogen-bond acceptors (Lipinski definition) is 6. The molecule has 10 heteroatoms. The van der Waals surface area contributed by atoms with E-state index in [0.717, 1.165) is 6.26 Å². The van der Waals surface area contributed by atoms with Gasteiger partial charge in [-0.1, -0.05) is 29.3 Å². The molecule has 0 atom stereocenters. The van der Waals surface area contributed by atoms with E-state index >= 15 is 0 Å². The van der Waals surface area contributed by atoms with Gasteiger partial charge >= 0.3 is 16.1 Å². The van der Waals surface area contributed by atoms with E-state index in [1.165, 1.54) is 24.3 Å². The molecule has 0 saturated heterocycles. The molecule has 0 aliphatic carbocycles. The monoisotopic (exact) mass is 485 g/mol. The van der Waals surface area contributed by atoms with E-state index in [-0.39, 0.29) is 22.5 Å². The Hall–Kier alpha value is -3.69. The van der Waals surface area contributed by atoms with Gasteiger partial charge in [0.05, 0.1) is 11.8 Å². The summed E-state index contributed by atoms with van der Waals surface area (Å²) in [4.78, 5) is 25.7. The first kappa shape index (κ1) is 24.0. The second kappa shape index (κ2) is 9.43. The number of nitrogen functional groups attached to an aromatic ring is 1. The first-order valence-corrected chi connectivity index (χ1v) is 11.7. The van der Waals surface area contributed by atoms with E-state index < -0.39 is 22.0 Å². The van der Waals surface area contributed by atoms with Crippen molar-refractivity contribution in [3.63, 3.8) is 0 Å². The predicted molar refractivity (Wildman–Crippen MR) is 127 cm³/mol. The van der Waals surface area contributed by atoms with Gasteiger partial charge in [-0.3, -0.25) is 10.2 Å². The number of halogens is 1. The molecule has 0 spiro atoms. The minimum Gasteiger partial charge on any atom is -0.384 e. The fourth-order valence-electron chi connectivity index (χ4n) is 3.11. The van der Waals surface area contributed by atoms with E-state index in [1.54, 1.807) is 43.3 Å². The van der Waals surface area contributed by atoms with Crippen LogP contribution in [0.15, 0.2) is 60.7 Å². The second-order valence-electron chi connectivity index (χ2n) is 7.26. The van der Waals surface area contributed by atoms with Crippen LogP contribution >= 0.6 is 11.6 Å². The molecular formula is C23H20ClN3O5S. The molecule has 0 saturated carbocycles. The number of benzene rings is 3. The van der Waals surface area contributed by atoms with E-state index in [9.17, 15) is 18.0 Å². The molecule has 33 heavy (non-hydrogen) atoms. The lowest BCUT2D eigenvalue weighted by molar-refractivity contribution is 0.0748. The van der Waals surface area contributed by atoms with Crippen LogP contribution in [-0.4, -0.2) is 32.4 Å². The van der Waals surface area contributed by atoms with Crippen molar-refractivity contribution in [2.45, 2.75) is 6.92 Å². The van der Waals surface area contributed by atoms with Crippen LogP contribution in [0.4, 0.5) is 5.69 Å². The predicted octanol–water partition coefficient (Wildman–Crippen LogP) is 3.97. The largest absolute Gasteiger partial charge is 0.384 e. The highest BCUT2D eigenvalue weighted by Crippen LogP contribution is 2.32. The summed E-state index contributed by atoms with van der Waals surface area (Å²) in [7, 11) is -4.05. The Kier molecular flexibility index (Phi) is 6.85. The van der Waals surface area contributed by atoms with Crippen molar-refractivity contribution in [2.24, 2.45) is 5.73 Å². The van der Waals surface area contributed by atoms with E-state index in [0.29, 0.717) is 27.4 Å². The van der Waals surface area contributed by atoms with Crippen LogP contribution in [0.2, 0.25) is 5.02 Å². The maximum Gasteiger partial charge on any atom is 0.354 e. The highest BCUT2D eigenvalue weighted by molar-refractivity contribution is 7.86. The highest BCUT2D eigenvalue weighted by atomic mass is 35.5. The van der Waals surface area contributed by atoms with Gasteiger partial charge in [-0.25, -0.2) is 4.79 Å². The lowest BCUT2D eigenvalue weighted by atomic mass is 9.93. The topological polar surface area (TPSA) is 139 Å². The third-order valence-electron chi connectivity index (χ3n) is 4.59. The number of carbonyl (C=O) groups excluding carboxylic acids is 2. The third kappa shape index (κ3) is 5.97. The van der Waals surface area contributed by atoms with Gasteiger partial charge in [0, 0.05) is 21.8 Å². The van der Waals surface area contributed by atoms with Gasteiger partial charge in [0.15, 0.2) is 0 Å². The smallest absolute Gasteiger partial charge is 0.354 e. The fourth-order valence-corrected chi connectivity index (χ4v) is 3.65. The molecule has 0 bridgehead atoms. The Morgan fingerprint density at radius 3 is 2.24 bits per heavy atom. The summed E-state index contributed by atoms with van der Waals surface area (Å²) in [6, 6.07) is 15.7. The second-order valence-corrected chi connectivity index (χ2v) is 9.27. The Morgan fingerprint density at radius 2 is 1.64 bits per heavy atom. The van der Waals surface area contributed by atoms with Gasteiger partial charge in [0.25, 0.3) is 5.91 Å². The van der Waals surface area contributed by atoms with Crippen molar-refractivity contribution in [3.05, 3.63) is 87.9 Å². The van der Waals surface area contributed by atoms with Crippen molar-refractivity contribution < 1.29 is 22.2 Å². The molecule has 0 unspecified atom stereocenters. The van der Waals surface area contributed by atoms with E-state index in [1.807, 2.05) is 0 Å². The number of carbonyl (C=O) groups is 2. The minimum absolute atomic E-state index is 0.0254. The molecule has 0 aromatic heterocycles. The van der Waals surface area contributed by atoms with Gasteiger partial charge in [-0.2, -0.15) is 8.42 Å². The van der Waals surface area contributed by atoms with Gasteiger partial charge in [-0.15, -0.1) is 0 Å². The van der Waals surface area contributed by atoms with Crippen LogP contribution in [0.1, 0.15) is 31.8 Å². The summed E-state index contributed by atoms with van der Waals surface area (Å²) >= 11 is 6.17. The molecule has 0 radical (unpaired) electrons. The SMILES string of the molecule is Cc1ccc(-c2cc(Cl)ccc2C(=O)Nc2ccc(C(=N)N)cc2)c(C(=O)OS(C)(=O)=O)c1. The van der Waals surface area contributed by atoms with Gasteiger partial charge in [-0.05, 0) is 66.6 Å². The molecule has 3 aromatic carbocycles. The number of hydrogen-bond donors (Lipinski definition) is 3. The lowest BCUT2D eigenvalue weighted by Crippen LogP contribution is -2.16. The Labute approximate surface area is 196 Å². The van der Waals surface area contributed by atoms with Gasteiger partial charge in [0.2, 0.25) is 0 Å². The molecule has 4 N–H and O–H groups in total. The molecule has 3 rings (SSSR count). The number of anilines is 1. The Morgan fingerprint density at radius 1 is 0.970 bits per heavy atom. The standard InChI is InChI=1S/C23H20ClN3O5S/c1-13-3-9-17(20(11-13)23(29)32-33(2,30)31)19-12-15(24)6-10-18(19)22(28)27-16-7-4-14(5-8-16)21(25)26/h3-12H,1-2H3,(H3,25,26)(H,27,28). The first-order valence-electron chi connectivity index (χ1n) is 9.55. The van der Waals surface area contributed by atoms with Gasteiger partial charge < -0.3 is 15.2 Å². The minimum atomic E-state index is -4.05. The van der Waals surface area contributed by atoms with Crippen LogP contribution < -0.4 is 11.1 Å². The van der Waals surface area contributed by atoms with Crippen LogP contribution in [0, 0.1) is 12.3 Å². The normalized spacial score (nSPS) is 11.0. The van der Waals surface area contributed by atoms with E-state index in [2.05, 4.69) is 9.50 Å². The summed E-state index contributed by atoms with van der Waals surface area (Å²) in [5.74, 6) is -1.65. The molecular weight excluding hydrogens is 466 g/mol. The molecule has 170 valence electrons. The average molecular weight is 486 g/mol. The summed E-state index contributed by atoms with van der Waals surface area (Å²) in [6.45, 7) is 1.73. The van der Waals surface area contributed by atoms with Crippen molar-refractivity contribution >= 4 is 45.1 Å². The number of rotatable bonds is 6. The zero-order chi connectivity index (χ0) is 24.3. The summed E-state index contributed by atoms with van der Waals surface area (Å²) in [5.41, 5.74) is 7.90. The number of nitrogens with two attached hydrogens (primary N) is 1. The Balaban J connectivity index is 2.05. The van der Waals surface area contributed by atoms with Crippen molar-refractivity contribution in [2.75, 3.05) is 11.6 Å². The molecule has 0 heterocycles. The molecule has 0 fully saturated rings. The van der Waals surface area contributed by atoms with Crippen molar-refractivity contribution in [3.8, 4) is 11.1 Å². The highest BCUT2D eigenvalue weighted by Gasteiger charge is 2.22. The quantitative estimate of drug-likeness (QED) is 0.274. The lowest BCUT2D eigenvalue weighted by Gasteiger charge is -2.15. The summed E-state index contributed by atoms with van der Waals surface area (Å²) in [6.07, 6.45) is 0.774. The zero-order valence-corrected chi connectivity index (χ0v) is 19.3. The maximum absolute atomic E-state index is 13.1. The first-order chi connectivity index (χ1) is 15.4. The van der Waals surface area contributed by atoms with Gasteiger partial charge in [0.1, 0.15) is 5.84 Å². The van der Waals surface area contributed by atoms with Crippen LogP contribution in [0.25, 0.3) is 11.1 Å². The third-order valence-corrected chi connectivity index (χ3v) is 5.28. The van der Waals surface area contributed by atoms with E-state index in [4.69, 9.17) is 22.7 Å². The molecule has 8 nitrogen and oxygen atoms in total. The maximum atomic E-state index is 13.1. The number of amides is 1. The van der Waals surface area contributed by atoms with Crippen LogP contribution in [0.5, 0.6) is 0 Å². The fraction of sp³-hybridized carbons (Fsp3) is 0.0870. The van der Waals surface area contributed by atoms with Crippen LogP contribution in [0.3, 0.4) is 0 Å². The molecule has 0 aliphatic rings. The van der Waals surface area contributed by atoms with Crippen LogP contribution in [-0.2, 0) is 14.3 Å². The van der Waals surface area contributed by atoms with Crippen molar-refractivity contribution in [1.82, 2.24) is 0 Å². The molecule has 0 aliphatic heterocycles. The van der Waals surface area contributed by atoms with Crippen molar-refractivity contribution in [1.29, 1.82) is 5.41 Å². The zero-order valence-electron chi connectivity index (χ0n) is 17.7. The molecule has 1 amide bonds.